The summed E-state index contributed by atoms with van der Waals surface area (Å²) in [6.45, 7) is 9.88. The molecule has 19 heavy (non-hydrogen) atoms. The van der Waals surface area contributed by atoms with Crippen LogP contribution in [-0.4, -0.2) is 9.55 Å². The highest BCUT2D eigenvalue weighted by Crippen LogP contribution is 2.73. The fraction of sp³-hybridized carbons (Fsp3) is 0.562. The number of aromatic nitrogens is 2. The Bertz CT molecular complexity index is 635. The molecule has 1 saturated carbocycles. The van der Waals surface area contributed by atoms with Crippen LogP contribution in [0.3, 0.4) is 0 Å². The number of aryl methyl sites for hydroxylation is 1. The van der Waals surface area contributed by atoms with Gasteiger partial charge in [0.25, 0.3) is 0 Å². The fourth-order valence-corrected chi connectivity index (χ4v) is 3.56. The lowest BCUT2D eigenvalue weighted by Crippen LogP contribution is -1.99. The molecule has 1 aliphatic carbocycles. The Morgan fingerprint density at radius 2 is 1.84 bits per heavy atom. The van der Waals surface area contributed by atoms with E-state index in [0.29, 0.717) is 23.3 Å². The Kier molecular flexibility index (Phi) is 2.40. The first-order valence-corrected chi connectivity index (χ1v) is 6.96. The van der Waals surface area contributed by atoms with E-state index in [1.165, 1.54) is 11.3 Å². The molecule has 1 aromatic heterocycles. The van der Waals surface area contributed by atoms with Crippen molar-refractivity contribution >= 4 is 11.0 Å². The molecule has 1 fully saturated rings. The van der Waals surface area contributed by atoms with Gasteiger partial charge in [-0.3, -0.25) is 0 Å². The Labute approximate surface area is 114 Å². The molecule has 0 aliphatic heterocycles. The van der Waals surface area contributed by atoms with Crippen LogP contribution in [0.15, 0.2) is 18.2 Å². The molecule has 3 nitrogen and oxygen atoms in total. The molecule has 1 aliphatic rings. The summed E-state index contributed by atoms with van der Waals surface area (Å²) in [5.41, 5.74) is 9.84. The minimum Gasteiger partial charge on any atom is -0.331 e. The lowest BCUT2D eigenvalue weighted by molar-refractivity contribution is 0.457. The number of nitrogens with two attached hydrogens (primary N) is 1. The van der Waals surface area contributed by atoms with Crippen LogP contribution in [0.1, 0.15) is 45.0 Å². The topological polar surface area (TPSA) is 43.8 Å². The Hall–Kier alpha value is -1.35. The van der Waals surface area contributed by atoms with Crippen LogP contribution in [-0.2, 0) is 13.6 Å². The lowest BCUT2D eigenvalue weighted by atomic mass is 10.0. The van der Waals surface area contributed by atoms with Crippen molar-refractivity contribution in [3.8, 4) is 0 Å². The van der Waals surface area contributed by atoms with Crippen LogP contribution >= 0.6 is 0 Å². The first-order valence-electron chi connectivity index (χ1n) is 6.96. The lowest BCUT2D eigenvalue weighted by Gasteiger charge is -2.03. The summed E-state index contributed by atoms with van der Waals surface area (Å²) in [7, 11) is 2.12. The van der Waals surface area contributed by atoms with Crippen molar-refractivity contribution in [1.82, 2.24) is 9.55 Å². The predicted molar refractivity (Wildman–Crippen MR) is 78.9 cm³/mol. The summed E-state index contributed by atoms with van der Waals surface area (Å²) in [5.74, 6) is 1.72. The number of benzene rings is 1. The molecule has 0 saturated heterocycles. The molecule has 1 heterocycles. The molecular weight excluding hydrogens is 234 g/mol. The molecule has 0 radical (unpaired) electrons. The Morgan fingerprint density at radius 3 is 2.37 bits per heavy atom. The third-order valence-corrected chi connectivity index (χ3v) is 5.53. The summed E-state index contributed by atoms with van der Waals surface area (Å²) >= 11 is 0. The zero-order valence-electron chi connectivity index (χ0n) is 12.5. The Morgan fingerprint density at radius 1 is 1.21 bits per heavy atom. The minimum absolute atomic E-state index is 0.311. The van der Waals surface area contributed by atoms with E-state index in [2.05, 4.69) is 57.5 Å². The molecule has 0 unspecified atom stereocenters. The molecule has 0 bridgehead atoms. The zero-order valence-corrected chi connectivity index (χ0v) is 12.5. The average Bonchev–Trinajstić information content (AvgIpc) is 2.63. The van der Waals surface area contributed by atoms with Gasteiger partial charge in [0, 0.05) is 19.5 Å². The van der Waals surface area contributed by atoms with Crippen molar-refractivity contribution < 1.29 is 0 Å². The number of hydrogen-bond donors (Lipinski definition) is 1. The number of nitrogens with zero attached hydrogens (tertiary/aromatic N) is 2. The van der Waals surface area contributed by atoms with Gasteiger partial charge in [-0.25, -0.2) is 4.98 Å². The first kappa shape index (κ1) is 12.7. The van der Waals surface area contributed by atoms with Crippen LogP contribution in [0.5, 0.6) is 0 Å². The summed E-state index contributed by atoms with van der Waals surface area (Å²) < 4.78 is 2.25. The largest absolute Gasteiger partial charge is 0.331 e. The van der Waals surface area contributed by atoms with E-state index in [9.17, 15) is 0 Å². The third-order valence-electron chi connectivity index (χ3n) is 5.53. The Balaban J connectivity index is 2.20. The molecule has 2 aromatic rings. The molecule has 3 heteroatoms. The van der Waals surface area contributed by atoms with Crippen molar-refractivity contribution in [2.24, 2.45) is 23.6 Å². The second-order valence-electron chi connectivity index (χ2n) is 6.89. The van der Waals surface area contributed by atoms with E-state index in [4.69, 9.17) is 10.7 Å². The molecular formula is C16H23N3. The van der Waals surface area contributed by atoms with E-state index >= 15 is 0 Å². The smallest absolute Gasteiger partial charge is 0.113 e. The van der Waals surface area contributed by atoms with E-state index in [0.717, 1.165) is 11.1 Å². The molecule has 0 spiro atoms. The van der Waals surface area contributed by atoms with Gasteiger partial charge in [-0.05, 0) is 22.5 Å². The molecule has 1 aromatic carbocycles. The van der Waals surface area contributed by atoms with E-state index in [1.54, 1.807) is 0 Å². The van der Waals surface area contributed by atoms with Gasteiger partial charge < -0.3 is 10.3 Å². The maximum atomic E-state index is 5.82. The van der Waals surface area contributed by atoms with E-state index < -0.39 is 0 Å². The number of para-hydroxylation sites is 1. The van der Waals surface area contributed by atoms with Crippen LogP contribution < -0.4 is 5.73 Å². The van der Waals surface area contributed by atoms with Crippen LogP contribution in [0.2, 0.25) is 0 Å². The van der Waals surface area contributed by atoms with Gasteiger partial charge in [0.15, 0.2) is 0 Å². The maximum absolute atomic E-state index is 5.82. The normalized spacial score (nSPS) is 20.9. The summed E-state index contributed by atoms with van der Waals surface area (Å²) in [6.07, 6.45) is 0. The van der Waals surface area contributed by atoms with Crippen LogP contribution in [0.4, 0.5) is 0 Å². The number of imidazole rings is 1. The van der Waals surface area contributed by atoms with Gasteiger partial charge in [-0.1, -0.05) is 39.8 Å². The molecule has 102 valence electrons. The SMILES string of the molecule is Cn1c(C2C(C)(C)C2(C)C)nc2c(CN)cccc21. The minimum atomic E-state index is 0.311. The van der Waals surface area contributed by atoms with E-state index in [1.807, 2.05) is 0 Å². The van der Waals surface area contributed by atoms with Gasteiger partial charge in [-0.2, -0.15) is 0 Å². The van der Waals surface area contributed by atoms with Crippen LogP contribution in [0.25, 0.3) is 11.0 Å². The van der Waals surface area contributed by atoms with Crippen molar-refractivity contribution in [3.05, 3.63) is 29.6 Å². The third kappa shape index (κ3) is 1.45. The van der Waals surface area contributed by atoms with Gasteiger partial charge in [-0.15, -0.1) is 0 Å². The number of rotatable bonds is 2. The van der Waals surface area contributed by atoms with Crippen molar-refractivity contribution in [3.63, 3.8) is 0 Å². The van der Waals surface area contributed by atoms with Crippen molar-refractivity contribution in [1.29, 1.82) is 0 Å². The highest BCUT2D eigenvalue weighted by atomic mass is 15.1. The molecule has 0 atom stereocenters. The highest BCUT2D eigenvalue weighted by molar-refractivity contribution is 5.80. The highest BCUT2D eigenvalue weighted by Gasteiger charge is 2.66. The van der Waals surface area contributed by atoms with E-state index in [-0.39, 0.29) is 0 Å². The fourth-order valence-electron chi connectivity index (χ4n) is 3.56. The second kappa shape index (κ2) is 3.60. The van der Waals surface area contributed by atoms with Crippen molar-refractivity contribution in [2.75, 3.05) is 0 Å². The van der Waals surface area contributed by atoms with Crippen LogP contribution in [0, 0.1) is 10.8 Å². The number of fused-ring (bicyclic) bond motifs is 1. The van der Waals surface area contributed by atoms with Gasteiger partial charge in [0.2, 0.25) is 0 Å². The zero-order chi connectivity index (χ0) is 14.0. The van der Waals surface area contributed by atoms with Gasteiger partial charge in [0.05, 0.1) is 11.0 Å². The monoisotopic (exact) mass is 257 g/mol. The standard InChI is InChI=1S/C16H23N3/c1-15(2)13(16(15,3)4)14-18-12-10(9-17)7-6-8-11(12)19(14)5/h6-8,13H,9,17H2,1-5H3. The molecule has 2 N–H and O–H groups in total. The predicted octanol–water partition coefficient (Wildman–Crippen LogP) is 3.18. The number of hydrogen-bond acceptors (Lipinski definition) is 2. The average molecular weight is 257 g/mol. The first-order chi connectivity index (χ1) is 8.82. The summed E-state index contributed by atoms with van der Waals surface area (Å²) in [5, 5.41) is 0. The quantitative estimate of drug-likeness (QED) is 0.898. The molecule has 3 rings (SSSR count). The van der Waals surface area contributed by atoms with Gasteiger partial charge >= 0.3 is 0 Å². The maximum Gasteiger partial charge on any atom is 0.113 e. The summed E-state index contributed by atoms with van der Waals surface area (Å²) in [4.78, 5) is 4.92. The summed E-state index contributed by atoms with van der Waals surface area (Å²) in [6, 6.07) is 6.27. The van der Waals surface area contributed by atoms with Crippen molar-refractivity contribution in [2.45, 2.75) is 40.2 Å². The molecule has 0 amide bonds. The second-order valence-corrected chi connectivity index (χ2v) is 6.89. The van der Waals surface area contributed by atoms with Gasteiger partial charge in [0.1, 0.15) is 5.82 Å².